The molecular weight excluding hydrogens is 314 g/mol. The minimum absolute atomic E-state index is 0.626. The molecule has 0 saturated carbocycles. The van der Waals surface area contributed by atoms with Gasteiger partial charge in [0.15, 0.2) is 0 Å². The molecular formula is C5H6NO9S3+. The van der Waals surface area contributed by atoms with E-state index in [9.17, 15) is 21.0 Å². The van der Waals surface area contributed by atoms with E-state index in [1.54, 1.807) is 6.07 Å². The van der Waals surface area contributed by atoms with Crippen molar-refractivity contribution in [2.75, 3.05) is 0 Å². The highest BCUT2D eigenvalue weighted by atomic mass is 32.3. The van der Waals surface area contributed by atoms with Gasteiger partial charge in [0.2, 0.25) is 12.4 Å². The van der Waals surface area contributed by atoms with Crippen LogP contribution < -0.4 is 9.01 Å². The molecule has 0 aliphatic heterocycles. The van der Waals surface area contributed by atoms with Crippen LogP contribution in [0.4, 0.5) is 0 Å². The molecule has 0 aliphatic rings. The maximum atomic E-state index is 11.1. The molecule has 1 unspecified atom stereocenters. The number of rotatable bonds is 6. The van der Waals surface area contributed by atoms with Crippen molar-refractivity contribution in [3.63, 3.8) is 0 Å². The van der Waals surface area contributed by atoms with Gasteiger partial charge in [-0.1, -0.05) is 9.70 Å². The van der Waals surface area contributed by atoms with Crippen LogP contribution in [0.15, 0.2) is 30.6 Å². The van der Waals surface area contributed by atoms with Gasteiger partial charge in [-0.15, -0.1) is 7.91 Å². The van der Waals surface area contributed by atoms with Crippen molar-refractivity contribution in [3.05, 3.63) is 30.6 Å². The monoisotopic (exact) mass is 320 g/mol. The van der Waals surface area contributed by atoms with Gasteiger partial charge in [-0.3, -0.25) is 4.55 Å². The lowest BCUT2D eigenvalue weighted by molar-refractivity contribution is -0.857. The molecule has 0 aromatic carbocycles. The molecule has 1 aromatic rings. The molecule has 1 atom stereocenters. The molecule has 18 heavy (non-hydrogen) atoms. The molecule has 1 heterocycles. The molecule has 0 amide bonds. The summed E-state index contributed by atoms with van der Waals surface area (Å²) in [4.78, 5) is 0. The van der Waals surface area contributed by atoms with Gasteiger partial charge in [0.25, 0.3) is 0 Å². The molecule has 0 aliphatic carbocycles. The summed E-state index contributed by atoms with van der Waals surface area (Å²) in [5, 5.41) is 0. The first-order valence-corrected chi connectivity index (χ1v) is 7.58. The average molecular weight is 320 g/mol. The molecule has 1 rings (SSSR count). The lowest BCUT2D eigenvalue weighted by Gasteiger charge is -1.99. The van der Waals surface area contributed by atoms with Gasteiger partial charge >= 0.3 is 32.2 Å². The Morgan fingerprint density at radius 1 is 1.00 bits per heavy atom. The fraction of sp³-hybridized carbons (Fsp3) is 0. The van der Waals surface area contributed by atoms with Crippen molar-refractivity contribution < 1.29 is 41.9 Å². The first kappa shape index (κ1) is 14.9. The van der Waals surface area contributed by atoms with Crippen molar-refractivity contribution in [3.8, 4) is 0 Å². The van der Waals surface area contributed by atoms with E-state index in [1.165, 1.54) is 12.1 Å². The first-order chi connectivity index (χ1) is 8.20. The summed E-state index contributed by atoms with van der Waals surface area (Å²) in [6.07, 6.45) is 2.27. The molecule has 0 bridgehead atoms. The predicted octanol–water partition coefficient (Wildman–Crippen LogP) is -1.94. The van der Waals surface area contributed by atoms with Gasteiger partial charge in [0.05, 0.1) is 0 Å². The largest absolute Gasteiger partial charge is 0.519 e. The fourth-order valence-corrected chi connectivity index (χ4v) is 2.83. The van der Waals surface area contributed by atoms with Gasteiger partial charge < -0.3 is 0 Å². The summed E-state index contributed by atoms with van der Waals surface area (Å²) in [5.41, 5.74) is 0. The molecule has 1 aromatic heterocycles. The average Bonchev–Trinajstić information content (AvgIpc) is 2.13. The van der Waals surface area contributed by atoms with Crippen LogP contribution in [0.3, 0.4) is 0 Å². The van der Waals surface area contributed by atoms with E-state index in [1.807, 2.05) is 0 Å². The fourth-order valence-electron chi connectivity index (χ4n) is 0.735. The highest BCUT2D eigenvalue weighted by Gasteiger charge is 2.31. The van der Waals surface area contributed by atoms with Crippen LogP contribution in [0.5, 0.6) is 0 Å². The van der Waals surface area contributed by atoms with Crippen molar-refractivity contribution in [2.45, 2.75) is 0 Å². The molecule has 0 spiro atoms. The van der Waals surface area contributed by atoms with Crippen LogP contribution in [-0.2, 0) is 39.4 Å². The summed E-state index contributed by atoms with van der Waals surface area (Å²) >= 11 is -3.26. The van der Waals surface area contributed by atoms with Crippen LogP contribution >= 0.6 is 0 Å². The normalized spacial score (nSPS) is 14.1. The second kappa shape index (κ2) is 5.68. The molecule has 0 saturated heterocycles. The number of aromatic nitrogens is 1. The molecule has 0 fully saturated rings. The number of pyridine rings is 1. The van der Waals surface area contributed by atoms with Crippen molar-refractivity contribution in [2.24, 2.45) is 0 Å². The Morgan fingerprint density at radius 2 is 1.56 bits per heavy atom. The van der Waals surface area contributed by atoms with E-state index in [-0.39, 0.29) is 0 Å². The second-order valence-electron chi connectivity index (χ2n) is 2.48. The number of hydrogen-bond donors (Lipinski definition) is 1. The van der Waals surface area contributed by atoms with Gasteiger partial charge in [0.1, 0.15) is 0 Å². The minimum atomic E-state index is -5.24. The molecule has 102 valence electrons. The number of hydrogen-bond acceptors (Lipinski definition) is 8. The van der Waals surface area contributed by atoms with Crippen LogP contribution in [0.25, 0.3) is 0 Å². The Morgan fingerprint density at radius 3 is 2.06 bits per heavy atom. The first-order valence-electron chi connectivity index (χ1n) is 3.88. The lowest BCUT2D eigenvalue weighted by atomic mass is 10.5. The van der Waals surface area contributed by atoms with Gasteiger partial charge in [-0.2, -0.15) is 21.0 Å². The van der Waals surface area contributed by atoms with Crippen LogP contribution in [0, 0.1) is 0 Å². The summed E-state index contributed by atoms with van der Waals surface area (Å²) in [6, 6.07) is 4.33. The summed E-state index contributed by atoms with van der Waals surface area (Å²) in [7, 11) is -10.3. The third kappa shape index (κ3) is 5.48. The minimum Gasteiger partial charge on any atom is -0.283 e. The lowest BCUT2D eigenvalue weighted by Crippen LogP contribution is -2.46. The van der Waals surface area contributed by atoms with E-state index < -0.39 is 32.2 Å². The predicted molar refractivity (Wildman–Crippen MR) is 54.0 cm³/mol. The van der Waals surface area contributed by atoms with Crippen LogP contribution in [0.2, 0.25) is 0 Å². The van der Waals surface area contributed by atoms with Gasteiger partial charge in [-0.25, -0.2) is 0 Å². The van der Waals surface area contributed by atoms with Crippen molar-refractivity contribution in [1.82, 2.24) is 0 Å². The smallest absolute Gasteiger partial charge is 0.283 e. The van der Waals surface area contributed by atoms with Crippen molar-refractivity contribution in [1.29, 1.82) is 0 Å². The second-order valence-corrected chi connectivity index (χ2v) is 5.78. The molecule has 0 radical (unpaired) electrons. The zero-order chi connectivity index (χ0) is 13.8. The molecule has 1 N–H and O–H groups in total. The van der Waals surface area contributed by atoms with Gasteiger partial charge in [-0.05, 0) is 0 Å². The summed E-state index contributed by atoms with van der Waals surface area (Å²) in [6.45, 7) is 0. The standard InChI is InChI=1S/C5H5NO9S3/c7-16(8)14-18(11,12)15-17(9,10)13-6-4-2-1-3-5-6/h1-5H/p+1. The van der Waals surface area contributed by atoms with E-state index in [0.29, 0.717) is 4.73 Å². The van der Waals surface area contributed by atoms with Gasteiger partial charge in [0, 0.05) is 16.9 Å². The third-order valence-corrected chi connectivity index (χ3v) is 3.99. The SMILES string of the molecule is O=S(O)OS(=O)(=O)OS(=O)(=O)O[n+]1ccccc1. The Balaban J connectivity index is 2.81. The zero-order valence-electron chi connectivity index (χ0n) is 8.27. The third-order valence-electron chi connectivity index (χ3n) is 1.17. The summed E-state index contributed by atoms with van der Waals surface area (Å²) < 4.78 is 73.5. The van der Waals surface area contributed by atoms with E-state index in [2.05, 4.69) is 11.5 Å². The maximum absolute atomic E-state index is 11.1. The highest BCUT2D eigenvalue weighted by molar-refractivity contribution is 7.99. The summed E-state index contributed by atoms with van der Waals surface area (Å²) in [5.74, 6) is 0. The van der Waals surface area contributed by atoms with Crippen molar-refractivity contribution >= 4 is 32.2 Å². The Kier molecular flexibility index (Phi) is 4.71. The van der Waals surface area contributed by atoms with E-state index >= 15 is 0 Å². The topological polar surface area (TPSA) is 137 Å². The van der Waals surface area contributed by atoms with E-state index in [0.717, 1.165) is 12.4 Å². The maximum Gasteiger partial charge on any atom is 0.519 e. The molecule has 10 nitrogen and oxygen atoms in total. The Bertz CT molecular complexity index is 621. The Hall–Kier alpha value is -1.12. The zero-order valence-corrected chi connectivity index (χ0v) is 10.7. The Labute approximate surface area is 105 Å². The van der Waals surface area contributed by atoms with Crippen LogP contribution in [-0.4, -0.2) is 25.6 Å². The number of nitrogens with zero attached hydrogens (tertiary/aromatic N) is 1. The van der Waals surface area contributed by atoms with Crippen LogP contribution in [0.1, 0.15) is 0 Å². The highest BCUT2D eigenvalue weighted by Crippen LogP contribution is 2.03. The van der Waals surface area contributed by atoms with E-state index in [4.69, 9.17) is 4.55 Å². The molecule has 13 heteroatoms. The quantitative estimate of drug-likeness (QED) is 0.468.